The average molecular weight is 376 g/mol. The first-order chi connectivity index (χ1) is 12.4. The standard InChI is InChI=1S/C18H18ClN3O4/c1-12-11-21(9-8-20-12)18(23)13-2-5-15(6-3-13)26-17-7-4-14(19)10-16(17)22(24)25/h2-7,10,12,20H,8-9,11H2,1H3. The lowest BCUT2D eigenvalue weighted by molar-refractivity contribution is -0.385. The van der Waals surface area contributed by atoms with E-state index in [2.05, 4.69) is 5.32 Å². The van der Waals surface area contributed by atoms with Gasteiger partial charge in [0.25, 0.3) is 5.91 Å². The summed E-state index contributed by atoms with van der Waals surface area (Å²) in [6, 6.07) is 11.0. The number of carbonyl (C=O) groups is 1. The molecule has 2 aromatic carbocycles. The van der Waals surface area contributed by atoms with E-state index >= 15 is 0 Å². The van der Waals surface area contributed by atoms with Crippen molar-refractivity contribution in [2.24, 2.45) is 0 Å². The fourth-order valence-electron chi connectivity index (χ4n) is 2.81. The lowest BCUT2D eigenvalue weighted by Gasteiger charge is -2.32. The van der Waals surface area contributed by atoms with Crippen LogP contribution in [0, 0.1) is 10.1 Å². The third-order valence-electron chi connectivity index (χ3n) is 4.10. The number of rotatable bonds is 4. The number of nitrogens with one attached hydrogen (secondary N) is 1. The summed E-state index contributed by atoms with van der Waals surface area (Å²) in [5.74, 6) is 0.456. The molecule has 0 aromatic heterocycles. The lowest BCUT2D eigenvalue weighted by Crippen LogP contribution is -2.51. The van der Waals surface area contributed by atoms with Crippen molar-refractivity contribution in [3.63, 3.8) is 0 Å². The summed E-state index contributed by atoms with van der Waals surface area (Å²) in [4.78, 5) is 24.9. The molecule has 0 saturated carbocycles. The molecule has 1 heterocycles. The van der Waals surface area contributed by atoms with Crippen molar-refractivity contribution in [1.29, 1.82) is 0 Å². The predicted octanol–water partition coefficient (Wildman–Crippen LogP) is 3.47. The van der Waals surface area contributed by atoms with Crippen molar-refractivity contribution in [2.75, 3.05) is 19.6 Å². The van der Waals surface area contributed by atoms with Gasteiger partial charge in [0.15, 0.2) is 0 Å². The fourth-order valence-corrected chi connectivity index (χ4v) is 2.98. The molecule has 1 N–H and O–H groups in total. The van der Waals surface area contributed by atoms with Crippen molar-refractivity contribution in [2.45, 2.75) is 13.0 Å². The largest absolute Gasteiger partial charge is 0.450 e. The van der Waals surface area contributed by atoms with E-state index in [9.17, 15) is 14.9 Å². The molecule has 1 amide bonds. The van der Waals surface area contributed by atoms with Gasteiger partial charge in [0.1, 0.15) is 5.75 Å². The van der Waals surface area contributed by atoms with E-state index in [0.29, 0.717) is 24.4 Å². The molecule has 1 saturated heterocycles. The molecule has 0 bridgehead atoms. The van der Waals surface area contributed by atoms with Crippen LogP contribution >= 0.6 is 11.6 Å². The number of hydrogen-bond acceptors (Lipinski definition) is 5. The molecule has 1 aliphatic rings. The molecule has 1 aliphatic heterocycles. The van der Waals surface area contributed by atoms with Crippen LogP contribution < -0.4 is 10.1 Å². The zero-order chi connectivity index (χ0) is 18.7. The second-order valence-electron chi connectivity index (χ2n) is 6.10. The molecule has 0 spiro atoms. The van der Waals surface area contributed by atoms with Gasteiger partial charge in [-0.1, -0.05) is 11.6 Å². The van der Waals surface area contributed by atoms with E-state index in [0.717, 1.165) is 6.54 Å². The number of amides is 1. The Kier molecular flexibility index (Phi) is 5.39. The Morgan fingerprint density at radius 3 is 2.69 bits per heavy atom. The van der Waals surface area contributed by atoms with Gasteiger partial charge in [-0.15, -0.1) is 0 Å². The topological polar surface area (TPSA) is 84.7 Å². The van der Waals surface area contributed by atoms with E-state index in [4.69, 9.17) is 16.3 Å². The number of nitro benzene ring substituents is 1. The summed E-state index contributed by atoms with van der Waals surface area (Å²) in [6.45, 7) is 4.14. The second-order valence-corrected chi connectivity index (χ2v) is 6.54. The van der Waals surface area contributed by atoms with E-state index in [1.807, 2.05) is 6.92 Å². The van der Waals surface area contributed by atoms with Crippen molar-refractivity contribution >= 4 is 23.2 Å². The number of hydrogen-bond donors (Lipinski definition) is 1. The molecule has 1 atom stereocenters. The quantitative estimate of drug-likeness (QED) is 0.653. The fraction of sp³-hybridized carbons (Fsp3) is 0.278. The maximum atomic E-state index is 12.5. The highest BCUT2D eigenvalue weighted by Gasteiger charge is 2.22. The van der Waals surface area contributed by atoms with Crippen LogP contribution in [0.2, 0.25) is 5.02 Å². The molecule has 1 fully saturated rings. The minimum Gasteiger partial charge on any atom is -0.450 e. The van der Waals surface area contributed by atoms with Gasteiger partial charge < -0.3 is 15.0 Å². The molecular formula is C18H18ClN3O4. The van der Waals surface area contributed by atoms with Gasteiger partial charge in [0, 0.05) is 42.3 Å². The van der Waals surface area contributed by atoms with Crippen LogP contribution in [0.4, 0.5) is 5.69 Å². The van der Waals surface area contributed by atoms with Crippen molar-refractivity contribution in [3.05, 3.63) is 63.2 Å². The molecule has 8 heteroatoms. The van der Waals surface area contributed by atoms with Crippen LogP contribution in [-0.4, -0.2) is 41.4 Å². The number of halogens is 1. The summed E-state index contributed by atoms with van der Waals surface area (Å²) in [5.41, 5.74) is 0.338. The second kappa shape index (κ2) is 7.72. The van der Waals surface area contributed by atoms with Crippen LogP contribution in [0.3, 0.4) is 0 Å². The Bertz CT molecular complexity index is 826. The highest BCUT2D eigenvalue weighted by molar-refractivity contribution is 6.30. The highest BCUT2D eigenvalue weighted by atomic mass is 35.5. The minimum absolute atomic E-state index is 0.0395. The van der Waals surface area contributed by atoms with Crippen LogP contribution in [0.25, 0.3) is 0 Å². The van der Waals surface area contributed by atoms with Gasteiger partial charge >= 0.3 is 5.69 Å². The monoisotopic (exact) mass is 375 g/mol. The third kappa shape index (κ3) is 4.12. The van der Waals surface area contributed by atoms with Gasteiger partial charge in [-0.05, 0) is 43.3 Å². The Morgan fingerprint density at radius 1 is 1.31 bits per heavy atom. The molecule has 26 heavy (non-hydrogen) atoms. The Hall–Kier alpha value is -2.64. The number of nitrogens with zero attached hydrogens (tertiary/aromatic N) is 2. The molecule has 1 unspecified atom stereocenters. The van der Waals surface area contributed by atoms with Gasteiger partial charge in [0.2, 0.25) is 5.75 Å². The molecular weight excluding hydrogens is 358 g/mol. The van der Waals surface area contributed by atoms with Crippen molar-refractivity contribution < 1.29 is 14.5 Å². The van der Waals surface area contributed by atoms with Crippen molar-refractivity contribution in [3.8, 4) is 11.5 Å². The SMILES string of the molecule is CC1CN(C(=O)c2ccc(Oc3ccc(Cl)cc3[N+](=O)[O-])cc2)CCN1. The predicted molar refractivity (Wildman–Crippen MR) is 98.0 cm³/mol. The third-order valence-corrected chi connectivity index (χ3v) is 4.34. The first-order valence-electron chi connectivity index (χ1n) is 8.18. The molecule has 0 radical (unpaired) electrons. The number of piperazine rings is 1. The smallest absolute Gasteiger partial charge is 0.313 e. The zero-order valence-corrected chi connectivity index (χ0v) is 14.9. The van der Waals surface area contributed by atoms with Crippen LogP contribution in [0.15, 0.2) is 42.5 Å². The molecule has 7 nitrogen and oxygen atoms in total. The Balaban J connectivity index is 1.74. The van der Waals surface area contributed by atoms with Gasteiger partial charge in [-0.25, -0.2) is 0 Å². The van der Waals surface area contributed by atoms with E-state index in [1.54, 1.807) is 29.2 Å². The first-order valence-corrected chi connectivity index (χ1v) is 8.56. The lowest BCUT2D eigenvalue weighted by atomic mass is 10.1. The number of ether oxygens (including phenoxy) is 1. The molecule has 3 rings (SSSR count). The minimum atomic E-state index is -0.551. The summed E-state index contributed by atoms with van der Waals surface area (Å²) < 4.78 is 5.59. The molecule has 0 aliphatic carbocycles. The summed E-state index contributed by atoms with van der Waals surface area (Å²) in [7, 11) is 0. The number of nitro groups is 1. The number of benzene rings is 2. The zero-order valence-electron chi connectivity index (χ0n) is 14.1. The van der Waals surface area contributed by atoms with Gasteiger partial charge in [-0.3, -0.25) is 14.9 Å². The normalized spacial score (nSPS) is 17.0. The summed E-state index contributed by atoms with van der Waals surface area (Å²) >= 11 is 5.80. The van der Waals surface area contributed by atoms with E-state index < -0.39 is 4.92 Å². The average Bonchev–Trinajstić information content (AvgIpc) is 2.63. The summed E-state index contributed by atoms with van der Waals surface area (Å²) in [5, 5.41) is 14.7. The maximum absolute atomic E-state index is 12.5. The van der Waals surface area contributed by atoms with E-state index in [-0.39, 0.29) is 28.4 Å². The molecule has 136 valence electrons. The maximum Gasteiger partial charge on any atom is 0.313 e. The Labute approximate surface area is 155 Å². The van der Waals surface area contributed by atoms with E-state index in [1.165, 1.54) is 18.2 Å². The Morgan fingerprint density at radius 2 is 2.04 bits per heavy atom. The van der Waals surface area contributed by atoms with Crippen LogP contribution in [0.1, 0.15) is 17.3 Å². The van der Waals surface area contributed by atoms with Gasteiger partial charge in [0.05, 0.1) is 4.92 Å². The van der Waals surface area contributed by atoms with Gasteiger partial charge in [-0.2, -0.15) is 0 Å². The van der Waals surface area contributed by atoms with Crippen LogP contribution in [-0.2, 0) is 0 Å². The number of carbonyl (C=O) groups excluding carboxylic acids is 1. The highest BCUT2D eigenvalue weighted by Crippen LogP contribution is 2.33. The van der Waals surface area contributed by atoms with Crippen molar-refractivity contribution in [1.82, 2.24) is 10.2 Å². The molecule has 2 aromatic rings. The summed E-state index contributed by atoms with van der Waals surface area (Å²) in [6.07, 6.45) is 0. The first kappa shape index (κ1) is 18.2. The van der Waals surface area contributed by atoms with Crippen LogP contribution in [0.5, 0.6) is 11.5 Å².